The number of nitrogens with zero attached hydrogens (tertiary/aromatic N) is 3. The van der Waals surface area contributed by atoms with Gasteiger partial charge in [0.15, 0.2) is 5.65 Å². The molecule has 6 heteroatoms. The summed E-state index contributed by atoms with van der Waals surface area (Å²) >= 11 is 0. The van der Waals surface area contributed by atoms with Crippen LogP contribution in [0, 0.1) is 11.3 Å². The first kappa shape index (κ1) is 13.9. The molecule has 0 saturated carbocycles. The SMILES string of the molecule is CC(C)c1c(-c2cccc(O)c2)nc2c(C#N)c[nH]n2c1=O. The van der Waals surface area contributed by atoms with Crippen LogP contribution in [0.15, 0.2) is 35.3 Å². The van der Waals surface area contributed by atoms with Crippen molar-refractivity contribution in [1.29, 1.82) is 5.26 Å². The zero-order valence-corrected chi connectivity index (χ0v) is 12.2. The first-order valence-electron chi connectivity index (χ1n) is 6.86. The fourth-order valence-electron chi connectivity index (χ4n) is 2.50. The number of fused-ring (bicyclic) bond motifs is 1. The summed E-state index contributed by atoms with van der Waals surface area (Å²) in [5, 5.41) is 21.6. The Labute approximate surface area is 126 Å². The molecule has 2 aromatic heterocycles. The molecule has 0 spiro atoms. The Morgan fingerprint density at radius 1 is 1.41 bits per heavy atom. The van der Waals surface area contributed by atoms with E-state index in [1.54, 1.807) is 24.3 Å². The van der Waals surface area contributed by atoms with Gasteiger partial charge in [-0.1, -0.05) is 26.0 Å². The van der Waals surface area contributed by atoms with Gasteiger partial charge in [0, 0.05) is 17.3 Å². The third kappa shape index (κ3) is 2.04. The van der Waals surface area contributed by atoms with E-state index in [-0.39, 0.29) is 22.9 Å². The Hall–Kier alpha value is -3.07. The van der Waals surface area contributed by atoms with Gasteiger partial charge in [0.25, 0.3) is 5.56 Å². The molecule has 3 rings (SSSR count). The van der Waals surface area contributed by atoms with Crippen molar-refractivity contribution in [2.24, 2.45) is 0 Å². The van der Waals surface area contributed by atoms with Gasteiger partial charge in [0.2, 0.25) is 0 Å². The molecule has 2 N–H and O–H groups in total. The van der Waals surface area contributed by atoms with E-state index in [0.29, 0.717) is 22.4 Å². The average Bonchev–Trinajstić information content (AvgIpc) is 2.90. The van der Waals surface area contributed by atoms with Gasteiger partial charge in [-0.25, -0.2) is 9.50 Å². The number of nitrogens with one attached hydrogen (secondary N) is 1. The van der Waals surface area contributed by atoms with E-state index in [0.717, 1.165) is 0 Å². The van der Waals surface area contributed by atoms with E-state index >= 15 is 0 Å². The van der Waals surface area contributed by atoms with Crippen molar-refractivity contribution in [1.82, 2.24) is 14.6 Å². The van der Waals surface area contributed by atoms with Crippen molar-refractivity contribution < 1.29 is 5.11 Å². The Morgan fingerprint density at radius 2 is 2.18 bits per heavy atom. The lowest BCUT2D eigenvalue weighted by Gasteiger charge is -2.12. The first-order chi connectivity index (χ1) is 10.5. The predicted molar refractivity (Wildman–Crippen MR) is 81.7 cm³/mol. The maximum atomic E-state index is 12.7. The Kier molecular flexibility index (Phi) is 3.18. The molecule has 6 nitrogen and oxygen atoms in total. The summed E-state index contributed by atoms with van der Waals surface area (Å²) in [7, 11) is 0. The lowest BCUT2D eigenvalue weighted by Crippen LogP contribution is -2.22. The van der Waals surface area contributed by atoms with Crippen LogP contribution in [0.25, 0.3) is 16.9 Å². The van der Waals surface area contributed by atoms with Gasteiger partial charge in [-0.3, -0.25) is 9.89 Å². The molecule has 2 heterocycles. The van der Waals surface area contributed by atoms with Crippen molar-refractivity contribution in [3.63, 3.8) is 0 Å². The number of H-pyrrole nitrogens is 1. The lowest BCUT2D eigenvalue weighted by atomic mass is 9.98. The molecule has 0 atom stereocenters. The Morgan fingerprint density at radius 3 is 2.82 bits per heavy atom. The molecule has 0 fully saturated rings. The summed E-state index contributed by atoms with van der Waals surface area (Å²) in [5.74, 6) is 0.0480. The van der Waals surface area contributed by atoms with Gasteiger partial charge < -0.3 is 5.11 Å². The molecule has 22 heavy (non-hydrogen) atoms. The number of aromatic nitrogens is 3. The minimum Gasteiger partial charge on any atom is -0.508 e. The fraction of sp³-hybridized carbons (Fsp3) is 0.188. The molecular weight excluding hydrogens is 280 g/mol. The van der Waals surface area contributed by atoms with Crippen LogP contribution in [0.3, 0.4) is 0 Å². The molecule has 0 aliphatic rings. The van der Waals surface area contributed by atoms with Crippen LogP contribution in [-0.4, -0.2) is 19.7 Å². The molecule has 3 aromatic rings. The van der Waals surface area contributed by atoms with Crippen molar-refractivity contribution >= 4 is 5.65 Å². The minimum absolute atomic E-state index is 0.0527. The fourth-order valence-corrected chi connectivity index (χ4v) is 2.50. The number of phenols is 1. The standard InChI is InChI=1S/C16H14N4O2/c1-9(2)13-14(10-4-3-5-12(21)6-10)19-15-11(7-17)8-18-20(15)16(13)22/h3-6,8-9,18,21H,1-2H3. The highest BCUT2D eigenvalue weighted by atomic mass is 16.3. The van der Waals surface area contributed by atoms with Gasteiger partial charge in [-0.2, -0.15) is 5.26 Å². The van der Waals surface area contributed by atoms with E-state index in [1.807, 2.05) is 19.9 Å². The van der Waals surface area contributed by atoms with Crippen molar-refractivity contribution in [3.05, 3.63) is 51.9 Å². The lowest BCUT2D eigenvalue weighted by molar-refractivity contribution is 0.475. The monoisotopic (exact) mass is 294 g/mol. The largest absolute Gasteiger partial charge is 0.508 e. The summed E-state index contributed by atoms with van der Waals surface area (Å²) in [5.41, 5.74) is 2.03. The number of rotatable bonds is 2. The molecule has 0 aliphatic heterocycles. The summed E-state index contributed by atoms with van der Waals surface area (Å²) in [6.45, 7) is 3.82. The zero-order valence-electron chi connectivity index (χ0n) is 12.2. The molecule has 110 valence electrons. The third-order valence-corrected chi connectivity index (χ3v) is 3.51. The van der Waals surface area contributed by atoms with Crippen molar-refractivity contribution in [2.75, 3.05) is 0 Å². The normalized spacial score (nSPS) is 11.0. The van der Waals surface area contributed by atoms with Gasteiger partial charge in [0.1, 0.15) is 17.4 Å². The van der Waals surface area contributed by atoms with Crippen LogP contribution in [0.4, 0.5) is 0 Å². The molecular formula is C16H14N4O2. The van der Waals surface area contributed by atoms with E-state index < -0.39 is 0 Å². The second-order valence-electron chi connectivity index (χ2n) is 5.34. The number of hydrogen-bond acceptors (Lipinski definition) is 4. The van der Waals surface area contributed by atoms with Gasteiger partial charge in [-0.15, -0.1) is 0 Å². The number of aromatic hydroxyl groups is 1. The second kappa shape index (κ2) is 5.04. The van der Waals surface area contributed by atoms with E-state index in [1.165, 1.54) is 10.7 Å². The van der Waals surface area contributed by atoms with Gasteiger partial charge >= 0.3 is 0 Å². The highest BCUT2D eigenvalue weighted by Gasteiger charge is 2.19. The van der Waals surface area contributed by atoms with Crippen molar-refractivity contribution in [3.8, 4) is 23.1 Å². The van der Waals surface area contributed by atoms with E-state index in [2.05, 4.69) is 10.1 Å². The zero-order chi connectivity index (χ0) is 15.9. The number of hydrogen-bond donors (Lipinski definition) is 2. The molecule has 0 saturated heterocycles. The summed E-state index contributed by atoms with van der Waals surface area (Å²) in [6, 6.07) is 8.60. The molecule has 0 unspecified atom stereocenters. The van der Waals surface area contributed by atoms with Crippen LogP contribution in [0.1, 0.15) is 30.9 Å². The second-order valence-corrected chi connectivity index (χ2v) is 5.34. The summed E-state index contributed by atoms with van der Waals surface area (Å²) in [4.78, 5) is 17.2. The highest BCUT2D eigenvalue weighted by molar-refractivity contribution is 5.69. The molecule has 0 aliphatic carbocycles. The maximum Gasteiger partial charge on any atom is 0.276 e. The third-order valence-electron chi connectivity index (χ3n) is 3.51. The number of phenolic OH excluding ortho intramolecular Hbond substituents is 1. The van der Waals surface area contributed by atoms with Crippen LogP contribution in [0.5, 0.6) is 5.75 Å². The van der Waals surface area contributed by atoms with Crippen LogP contribution in [-0.2, 0) is 0 Å². The molecule has 1 aromatic carbocycles. The van der Waals surface area contributed by atoms with Crippen LogP contribution < -0.4 is 5.56 Å². The summed E-state index contributed by atoms with van der Waals surface area (Å²) in [6.07, 6.45) is 1.46. The van der Waals surface area contributed by atoms with Crippen molar-refractivity contribution in [2.45, 2.75) is 19.8 Å². The number of nitriles is 1. The predicted octanol–water partition coefficient (Wildman–Crippen LogP) is 2.39. The number of benzene rings is 1. The van der Waals surface area contributed by atoms with Gasteiger partial charge in [-0.05, 0) is 18.1 Å². The van der Waals surface area contributed by atoms with E-state index in [9.17, 15) is 9.90 Å². The van der Waals surface area contributed by atoms with E-state index in [4.69, 9.17) is 5.26 Å². The minimum atomic E-state index is -0.236. The molecule has 0 radical (unpaired) electrons. The number of aromatic amines is 1. The molecule has 0 amide bonds. The Bertz CT molecular complexity index is 960. The first-order valence-corrected chi connectivity index (χ1v) is 6.86. The topological polar surface area (TPSA) is 94.2 Å². The molecule has 0 bridgehead atoms. The highest BCUT2D eigenvalue weighted by Crippen LogP contribution is 2.28. The van der Waals surface area contributed by atoms with Gasteiger partial charge in [0.05, 0.1) is 5.69 Å². The maximum absolute atomic E-state index is 12.7. The smallest absolute Gasteiger partial charge is 0.276 e. The quantitative estimate of drug-likeness (QED) is 0.758. The average molecular weight is 294 g/mol. The summed E-state index contributed by atoms with van der Waals surface area (Å²) < 4.78 is 1.28. The van der Waals surface area contributed by atoms with Crippen LogP contribution >= 0.6 is 0 Å². The Balaban J connectivity index is 2.44. The van der Waals surface area contributed by atoms with Crippen LogP contribution in [0.2, 0.25) is 0 Å².